The van der Waals surface area contributed by atoms with Crippen molar-refractivity contribution in [2.75, 3.05) is 20.2 Å². The van der Waals surface area contributed by atoms with E-state index in [2.05, 4.69) is 6.92 Å². The van der Waals surface area contributed by atoms with Gasteiger partial charge in [-0.25, -0.2) is 0 Å². The van der Waals surface area contributed by atoms with Gasteiger partial charge in [0.05, 0.1) is 12.0 Å². The molecule has 1 saturated heterocycles. The van der Waals surface area contributed by atoms with E-state index in [4.69, 9.17) is 9.84 Å². The zero-order valence-electron chi connectivity index (χ0n) is 11.5. The summed E-state index contributed by atoms with van der Waals surface area (Å²) in [5.41, 5.74) is 0. The van der Waals surface area contributed by atoms with Gasteiger partial charge in [-0.3, -0.25) is 9.59 Å². The second kappa shape index (κ2) is 6.18. The Morgan fingerprint density at radius 1 is 1.33 bits per heavy atom. The third-order valence-electron chi connectivity index (χ3n) is 4.03. The first-order chi connectivity index (χ1) is 8.38. The Kier molecular flexibility index (Phi) is 5.14. The number of hydrogen-bond acceptors (Lipinski definition) is 3. The van der Waals surface area contributed by atoms with Crippen LogP contribution in [0.1, 0.15) is 27.2 Å². The van der Waals surface area contributed by atoms with Crippen molar-refractivity contribution < 1.29 is 19.4 Å². The molecular weight excluding hydrogens is 234 g/mol. The first-order valence-corrected chi connectivity index (χ1v) is 6.42. The molecule has 1 N–H and O–H groups in total. The summed E-state index contributed by atoms with van der Waals surface area (Å²) in [5, 5.41) is 8.94. The number of carbonyl (C=O) groups excluding carboxylic acids is 1. The molecule has 0 aromatic rings. The quantitative estimate of drug-likeness (QED) is 0.822. The summed E-state index contributed by atoms with van der Waals surface area (Å²) in [6, 6.07) is 0. The van der Waals surface area contributed by atoms with E-state index >= 15 is 0 Å². The summed E-state index contributed by atoms with van der Waals surface area (Å²) in [6.45, 7) is 6.62. The molecule has 1 aliphatic rings. The zero-order valence-corrected chi connectivity index (χ0v) is 11.5. The molecule has 1 fully saturated rings. The number of carbonyl (C=O) groups is 2. The van der Waals surface area contributed by atoms with Gasteiger partial charge in [-0.2, -0.15) is 0 Å². The predicted molar refractivity (Wildman–Crippen MR) is 67.1 cm³/mol. The number of carboxylic acid groups (broad SMARTS) is 1. The molecule has 0 saturated carbocycles. The van der Waals surface area contributed by atoms with Crippen LogP contribution in [-0.2, 0) is 14.3 Å². The third kappa shape index (κ3) is 3.22. The lowest BCUT2D eigenvalue weighted by molar-refractivity contribution is -0.151. The molecule has 0 bridgehead atoms. The van der Waals surface area contributed by atoms with Crippen LogP contribution in [0.25, 0.3) is 0 Å². The Bertz CT molecular complexity index is 318. The van der Waals surface area contributed by atoms with Gasteiger partial charge in [0.1, 0.15) is 0 Å². The molecule has 18 heavy (non-hydrogen) atoms. The van der Waals surface area contributed by atoms with Gasteiger partial charge in [0.2, 0.25) is 5.91 Å². The summed E-state index contributed by atoms with van der Waals surface area (Å²) in [5.74, 6) is -1.72. The van der Waals surface area contributed by atoms with Crippen molar-refractivity contribution in [2.45, 2.75) is 33.3 Å². The minimum atomic E-state index is -0.926. The number of likely N-dealkylation sites (tertiary alicyclic amines) is 1. The number of ether oxygens (including phenoxy) is 1. The maximum atomic E-state index is 12.2. The molecule has 104 valence electrons. The molecule has 0 aromatic carbocycles. The molecule has 0 aromatic heterocycles. The van der Waals surface area contributed by atoms with Gasteiger partial charge in [0.25, 0.3) is 0 Å². The molecule has 5 heteroatoms. The van der Waals surface area contributed by atoms with Crippen LogP contribution in [0.4, 0.5) is 0 Å². The SMILES string of the molecule is COC1CN(C(=O)C(C)C(C)C(=O)O)CCC1C. The van der Waals surface area contributed by atoms with Crippen molar-refractivity contribution in [1.29, 1.82) is 0 Å². The number of rotatable bonds is 4. The lowest BCUT2D eigenvalue weighted by Crippen LogP contribution is -2.49. The molecule has 5 nitrogen and oxygen atoms in total. The summed E-state index contributed by atoms with van der Waals surface area (Å²) < 4.78 is 5.36. The largest absolute Gasteiger partial charge is 0.481 e. The molecule has 0 spiro atoms. The highest BCUT2D eigenvalue weighted by molar-refractivity contribution is 5.84. The minimum absolute atomic E-state index is 0.0510. The van der Waals surface area contributed by atoms with Crippen LogP contribution in [-0.4, -0.2) is 48.2 Å². The Morgan fingerprint density at radius 2 is 1.94 bits per heavy atom. The van der Waals surface area contributed by atoms with E-state index in [1.54, 1.807) is 25.9 Å². The van der Waals surface area contributed by atoms with Crippen molar-refractivity contribution in [3.63, 3.8) is 0 Å². The van der Waals surface area contributed by atoms with E-state index in [0.29, 0.717) is 19.0 Å². The predicted octanol–water partition coefficient (Wildman–Crippen LogP) is 1.23. The van der Waals surface area contributed by atoms with E-state index in [9.17, 15) is 9.59 Å². The second-order valence-electron chi connectivity index (χ2n) is 5.24. The first-order valence-electron chi connectivity index (χ1n) is 6.42. The molecule has 0 radical (unpaired) electrons. The fraction of sp³-hybridized carbons (Fsp3) is 0.846. The summed E-state index contributed by atoms with van der Waals surface area (Å²) in [4.78, 5) is 24.9. The van der Waals surface area contributed by atoms with Crippen molar-refractivity contribution in [3.05, 3.63) is 0 Å². The van der Waals surface area contributed by atoms with Crippen LogP contribution in [0.2, 0.25) is 0 Å². The highest BCUT2D eigenvalue weighted by Crippen LogP contribution is 2.23. The molecule has 1 amide bonds. The highest BCUT2D eigenvalue weighted by atomic mass is 16.5. The van der Waals surface area contributed by atoms with Crippen molar-refractivity contribution in [2.24, 2.45) is 17.8 Å². The zero-order chi connectivity index (χ0) is 13.9. The van der Waals surface area contributed by atoms with Crippen LogP contribution in [0.15, 0.2) is 0 Å². The van der Waals surface area contributed by atoms with Crippen LogP contribution in [0.3, 0.4) is 0 Å². The lowest BCUT2D eigenvalue weighted by atomic mass is 9.91. The van der Waals surface area contributed by atoms with Crippen LogP contribution in [0.5, 0.6) is 0 Å². The Labute approximate surface area is 108 Å². The van der Waals surface area contributed by atoms with E-state index in [-0.39, 0.29) is 12.0 Å². The fourth-order valence-corrected chi connectivity index (χ4v) is 2.26. The molecule has 1 heterocycles. The molecular formula is C13H23NO4. The van der Waals surface area contributed by atoms with Gasteiger partial charge in [-0.1, -0.05) is 20.8 Å². The maximum absolute atomic E-state index is 12.2. The van der Waals surface area contributed by atoms with Gasteiger partial charge < -0.3 is 14.7 Å². The number of amides is 1. The average molecular weight is 257 g/mol. The summed E-state index contributed by atoms with van der Waals surface area (Å²) in [6.07, 6.45) is 0.952. The van der Waals surface area contributed by atoms with E-state index < -0.39 is 17.8 Å². The Hall–Kier alpha value is -1.10. The summed E-state index contributed by atoms with van der Waals surface area (Å²) >= 11 is 0. The third-order valence-corrected chi connectivity index (χ3v) is 4.03. The standard InChI is InChI=1S/C13H23NO4/c1-8-5-6-14(7-11(8)18-4)12(15)9(2)10(3)13(16)17/h8-11H,5-7H2,1-4H3,(H,16,17). The monoisotopic (exact) mass is 257 g/mol. The summed E-state index contributed by atoms with van der Waals surface area (Å²) in [7, 11) is 1.65. The number of piperidine rings is 1. The molecule has 1 aliphatic heterocycles. The van der Waals surface area contributed by atoms with Gasteiger partial charge in [0.15, 0.2) is 0 Å². The number of nitrogens with zero attached hydrogens (tertiary/aromatic N) is 1. The topological polar surface area (TPSA) is 66.8 Å². The van der Waals surface area contributed by atoms with Crippen LogP contribution in [0, 0.1) is 17.8 Å². The van der Waals surface area contributed by atoms with Gasteiger partial charge in [0, 0.05) is 26.1 Å². The fourth-order valence-electron chi connectivity index (χ4n) is 2.26. The minimum Gasteiger partial charge on any atom is -0.481 e. The van der Waals surface area contributed by atoms with Crippen molar-refractivity contribution >= 4 is 11.9 Å². The van der Waals surface area contributed by atoms with Gasteiger partial charge in [-0.05, 0) is 12.3 Å². The number of carboxylic acids is 1. The van der Waals surface area contributed by atoms with Crippen LogP contribution < -0.4 is 0 Å². The van der Waals surface area contributed by atoms with E-state index in [0.717, 1.165) is 6.42 Å². The van der Waals surface area contributed by atoms with Crippen molar-refractivity contribution in [3.8, 4) is 0 Å². The average Bonchev–Trinajstić information content (AvgIpc) is 2.36. The maximum Gasteiger partial charge on any atom is 0.307 e. The molecule has 0 aliphatic carbocycles. The van der Waals surface area contributed by atoms with E-state index in [1.165, 1.54) is 0 Å². The molecule has 4 unspecified atom stereocenters. The Balaban J connectivity index is 2.64. The molecule has 4 atom stereocenters. The van der Waals surface area contributed by atoms with E-state index in [1.807, 2.05) is 0 Å². The number of aliphatic carboxylic acids is 1. The number of hydrogen-bond donors (Lipinski definition) is 1. The highest BCUT2D eigenvalue weighted by Gasteiger charge is 2.34. The first kappa shape index (κ1) is 15.0. The second-order valence-corrected chi connectivity index (χ2v) is 5.24. The Morgan fingerprint density at radius 3 is 2.44 bits per heavy atom. The number of methoxy groups -OCH3 is 1. The van der Waals surface area contributed by atoms with Gasteiger partial charge in [-0.15, -0.1) is 0 Å². The normalized spacial score (nSPS) is 27.7. The van der Waals surface area contributed by atoms with Gasteiger partial charge >= 0.3 is 5.97 Å². The van der Waals surface area contributed by atoms with Crippen LogP contribution >= 0.6 is 0 Å². The smallest absolute Gasteiger partial charge is 0.307 e. The van der Waals surface area contributed by atoms with Crippen molar-refractivity contribution in [1.82, 2.24) is 4.90 Å². The molecule has 1 rings (SSSR count). The lowest BCUT2D eigenvalue weighted by Gasteiger charge is -2.37.